The second-order valence-electron chi connectivity index (χ2n) is 6.04. The van der Waals surface area contributed by atoms with Crippen molar-refractivity contribution in [1.29, 1.82) is 0 Å². The number of nitrogens with zero attached hydrogens (tertiary/aromatic N) is 1. The molecule has 0 fully saturated rings. The molecule has 0 bridgehead atoms. The maximum Gasteiger partial charge on any atom is 0.327 e. The lowest BCUT2D eigenvalue weighted by molar-refractivity contribution is -0.774. The molecule has 1 amide bonds. The highest BCUT2D eigenvalue weighted by Gasteiger charge is 2.35. The van der Waals surface area contributed by atoms with E-state index in [1.165, 1.54) is 0 Å². The van der Waals surface area contributed by atoms with Gasteiger partial charge in [0.25, 0.3) is 11.0 Å². The Morgan fingerprint density at radius 3 is 2.14 bits per heavy atom. The number of rotatable bonds is 7. The van der Waals surface area contributed by atoms with Crippen LogP contribution in [0.5, 0.6) is 0 Å². The summed E-state index contributed by atoms with van der Waals surface area (Å²) in [5.41, 5.74) is -2.48. The van der Waals surface area contributed by atoms with Gasteiger partial charge in [0.1, 0.15) is 6.04 Å². The average molecular weight is 336 g/mol. The molecular weight excluding hydrogens is 316 g/mol. The van der Waals surface area contributed by atoms with Crippen LogP contribution in [0.2, 0.25) is 0 Å². The number of hydrogen-bond donors (Lipinski definition) is 2. The third-order valence-electron chi connectivity index (χ3n) is 2.45. The Bertz CT molecular complexity index is 471. The molecule has 0 heterocycles. The van der Waals surface area contributed by atoms with Gasteiger partial charge in [-0.3, -0.25) is 14.4 Å². The fourth-order valence-electron chi connectivity index (χ4n) is 1.11. The van der Waals surface area contributed by atoms with Gasteiger partial charge >= 0.3 is 5.97 Å². The van der Waals surface area contributed by atoms with E-state index in [4.69, 9.17) is 5.11 Å². The molecule has 0 aliphatic heterocycles. The highest BCUT2D eigenvalue weighted by Crippen LogP contribution is 2.23. The maximum atomic E-state index is 11.9. The molecule has 0 aromatic heterocycles. The number of nitrogens with one attached hydrogen (secondary N) is 1. The number of aliphatic carboxylic acids is 1. The maximum absolute atomic E-state index is 11.9. The van der Waals surface area contributed by atoms with Crippen molar-refractivity contribution in [3.63, 3.8) is 0 Å². The van der Waals surface area contributed by atoms with Crippen molar-refractivity contribution < 1.29 is 29.4 Å². The fourth-order valence-corrected chi connectivity index (χ4v) is 2.09. The van der Waals surface area contributed by atoms with Crippen LogP contribution >= 0.6 is 11.8 Å². The first-order chi connectivity index (χ1) is 9.77. The van der Waals surface area contributed by atoms with Crippen LogP contribution in [0.3, 0.4) is 0 Å². The van der Waals surface area contributed by atoms with Gasteiger partial charge in [0.2, 0.25) is 0 Å². The molecule has 0 aliphatic rings. The van der Waals surface area contributed by atoms with Crippen molar-refractivity contribution in [3.05, 3.63) is 10.1 Å². The van der Waals surface area contributed by atoms with Crippen LogP contribution in [0.15, 0.2) is 0 Å². The van der Waals surface area contributed by atoms with E-state index in [0.717, 1.165) is 25.6 Å². The zero-order valence-corrected chi connectivity index (χ0v) is 13.9. The fraction of sp³-hybridized carbons (Fsp3) is 0.750. The lowest BCUT2D eigenvalue weighted by Gasteiger charge is -2.24. The van der Waals surface area contributed by atoms with Crippen LogP contribution in [-0.4, -0.2) is 44.6 Å². The predicted octanol–water partition coefficient (Wildman–Crippen LogP) is 0.849. The molecule has 126 valence electrons. The summed E-state index contributed by atoms with van der Waals surface area (Å²) in [5.74, 6) is -2.49. The Labute approximate surface area is 131 Å². The van der Waals surface area contributed by atoms with E-state index in [9.17, 15) is 24.5 Å². The lowest BCUT2D eigenvalue weighted by Crippen LogP contribution is -2.52. The minimum atomic E-state index is -1.84. The molecule has 10 heteroatoms. The van der Waals surface area contributed by atoms with Crippen LogP contribution < -0.4 is 5.32 Å². The van der Waals surface area contributed by atoms with Gasteiger partial charge in [-0.1, -0.05) is 32.5 Å². The van der Waals surface area contributed by atoms with Crippen molar-refractivity contribution in [2.75, 3.05) is 5.75 Å². The Balaban J connectivity index is 4.79. The molecule has 0 aliphatic carbocycles. The molecule has 1 unspecified atom stereocenters. The van der Waals surface area contributed by atoms with Crippen molar-refractivity contribution >= 4 is 28.8 Å². The van der Waals surface area contributed by atoms with E-state index in [1.54, 1.807) is 20.8 Å². The minimum Gasteiger partial charge on any atom is -0.480 e. The number of thioether (sulfide) groups is 1. The van der Waals surface area contributed by atoms with Gasteiger partial charge in [-0.05, 0) is 13.8 Å². The van der Waals surface area contributed by atoms with Crippen molar-refractivity contribution in [2.24, 2.45) is 5.41 Å². The second-order valence-corrected chi connectivity index (χ2v) is 7.03. The molecule has 0 saturated heterocycles. The summed E-state index contributed by atoms with van der Waals surface area (Å²) in [5, 5.41) is 20.1. The first-order valence-corrected chi connectivity index (χ1v) is 7.30. The van der Waals surface area contributed by atoms with Crippen LogP contribution in [0.4, 0.5) is 0 Å². The smallest absolute Gasteiger partial charge is 0.327 e. The van der Waals surface area contributed by atoms with Gasteiger partial charge in [0.15, 0.2) is 10.7 Å². The Hall–Kier alpha value is -1.84. The Morgan fingerprint density at radius 1 is 1.27 bits per heavy atom. The normalized spacial score (nSPS) is 13.1. The van der Waals surface area contributed by atoms with Gasteiger partial charge in [0.05, 0.1) is 0 Å². The summed E-state index contributed by atoms with van der Waals surface area (Å²) < 4.78 is 0. The summed E-state index contributed by atoms with van der Waals surface area (Å²) in [7, 11) is 0. The third kappa shape index (κ3) is 6.74. The van der Waals surface area contributed by atoms with Crippen molar-refractivity contribution in [3.8, 4) is 0 Å². The molecule has 9 nitrogen and oxygen atoms in total. The molecule has 0 spiro atoms. The van der Waals surface area contributed by atoms with Crippen LogP contribution in [-0.2, 0) is 19.2 Å². The number of carbonyl (C=O) groups excluding carboxylic acids is 2. The molecule has 2 N–H and O–H groups in total. The van der Waals surface area contributed by atoms with Crippen LogP contribution in [0.25, 0.3) is 0 Å². The quantitative estimate of drug-likeness (QED) is 0.516. The van der Waals surface area contributed by atoms with E-state index in [-0.39, 0.29) is 10.9 Å². The van der Waals surface area contributed by atoms with Gasteiger partial charge in [-0.2, -0.15) is 0 Å². The highest BCUT2D eigenvalue weighted by atomic mass is 32.2. The number of hydrogen-bond acceptors (Lipinski definition) is 7. The summed E-state index contributed by atoms with van der Waals surface area (Å²) in [6.07, 6.45) is 0. The molecule has 0 radical (unpaired) electrons. The Kier molecular flexibility index (Phi) is 6.81. The minimum absolute atomic E-state index is 0.189. The zero-order chi connectivity index (χ0) is 17.7. The molecule has 0 aromatic rings. The summed E-state index contributed by atoms with van der Waals surface area (Å²) >= 11 is 0.777. The standard InChI is InChI=1S/C12H20N2O7S/c1-11(2,3)10(18)22-6-7(8(15)16)13-9(17)12(4,5)21-14(19)20/h7H,6H2,1-5H3,(H,13,17)(H,15,16). The zero-order valence-electron chi connectivity index (χ0n) is 13.0. The van der Waals surface area contributed by atoms with Gasteiger partial charge in [-0.15, -0.1) is 10.1 Å². The number of amides is 1. The topological polar surface area (TPSA) is 136 Å². The van der Waals surface area contributed by atoms with Gasteiger partial charge in [0, 0.05) is 11.2 Å². The Morgan fingerprint density at radius 2 is 1.77 bits per heavy atom. The molecular formula is C12H20N2O7S. The molecule has 22 heavy (non-hydrogen) atoms. The SMILES string of the molecule is CC(C)(C)C(=O)SCC(NC(=O)C(C)(C)O[N+](=O)[O-])C(=O)O. The molecule has 0 saturated carbocycles. The van der Waals surface area contributed by atoms with Crippen LogP contribution in [0, 0.1) is 15.5 Å². The third-order valence-corrected chi connectivity index (χ3v) is 3.82. The average Bonchev–Trinajstić information content (AvgIpc) is 2.30. The van der Waals surface area contributed by atoms with Crippen LogP contribution in [0.1, 0.15) is 34.6 Å². The largest absolute Gasteiger partial charge is 0.480 e. The molecule has 1 atom stereocenters. The van der Waals surface area contributed by atoms with Crippen molar-refractivity contribution in [1.82, 2.24) is 5.32 Å². The van der Waals surface area contributed by atoms with Gasteiger partial charge in [-0.25, -0.2) is 4.79 Å². The van der Waals surface area contributed by atoms with E-state index in [0.29, 0.717) is 0 Å². The van der Waals surface area contributed by atoms with E-state index in [1.807, 2.05) is 0 Å². The first kappa shape index (κ1) is 20.2. The number of carboxylic acids is 1. The van der Waals surface area contributed by atoms with E-state index >= 15 is 0 Å². The van der Waals surface area contributed by atoms with Gasteiger partial charge < -0.3 is 10.4 Å². The summed E-state index contributed by atoms with van der Waals surface area (Å²) in [6, 6.07) is -1.36. The van der Waals surface area contributed by atoms with Crippen molar-refractivity contribution in [2.45, 2.75) is 46.3 Å². The first-order valence-electron chi connectivity index (χ1n) is 6.32. The molecule has 0 aromatic carbocycles. The van der Waals surface area contributed by atoms with E-state index < -0.39 is 34.0 Å². The van der Waals surface area contributed by atoms with E-state index in [2.05, 4.69) is 10.2 Å². The number of carbonyl (C=O) groups is 3. The predicted molar refractivity (Wildman–Crippen MR) is 78.6 cm³/mol. The lowest BCUT2D eigenvalue weighted by atomic mass is 10.00. The highest BCUT2D eigenvalue weighted by molar-refractivity contribution is 8.13. The monoisotopic (exact) mass is 336 g/mol. The molecule has 0 rings (SSSR count). The summed E-state index contributed by atoms with van der Waals surface area (Å²) in [4.78, 5) is 49.3. The second kappa shape index (κ2) is 7.43. The number of carboxylic acid groups (broad SMARTS) is 1. The summed E-state index contributed by atoms with van der Waals surface area (Å²) in [6.45, 7) is 7.33.